The second-order valence-corrected chi connectivity index (χ2v) is 20.8. The smallest absolute Gasteiger partial charge is 0.135 e. The average Bonchev–Trinajstić information content (AvgIpc) is 3.84. The number of anilines is 9. The molecule has 77 heavy (non-hydrogen) atoms. The van der Waals surface area contributed by atoms with Gasteiger partial charge in [0, 0.05) is 62.0 Å². The van der Waals surface area contributed by atoms with Crippen LogP contribution in [0.2, 0.25) is 0 Å². The Balaban J connectivity index is 0.834. The van der Waals surface area contributed by atoms with Gasteiger partial charge in [0.05, 0.1) is 0 Å². The molecule has 0 unspecified atom stereocenters. The third-order valence-electron chi connectivity index (χ3n) is 15.0. The number of rotatable bonds is 12. The number of furan rings is 1. The molecule has 0 spiro atoms. The molecule has 0 radical (unpaired) electrons. The van der Waals surface area contributed by atoms with Crippen LogP contribution in [0, 0.1) is 48.5 Å². The molecule has 374 valence electrons. The van der Waals surface area contributed by atoms with Gasteiger partial charge in [0.2, 0.25) is 0 Å². The zero-order valence-electron chi connectivity index (χ0n) is 44.8. The maximum atomic E-state index is 6.29. The average molecular weight is 996 g/mol. The van der Waals surface area contributed by atoms with E-state index in [2.05, 4.69) is 306 Å². The first-order valence-electron chi connectivity index (χ1n) is 26.6. The van der Waals surface area contributed by atoms with Crippen molar-refractivity contribution in [3.63, 3.8) is 0 Å². The highest BCUT2D eigenvalue weighted by Crippen LogP contribution is 2.44. The first-order chi connectivity index (χ1) is 37.5. The van der Waals surface area contributed by atoms with Crippen molar-refractivity contribution in [3.8, 4) is 33.4 Å². The topological polar surface area (TPSA) is 22.9 Å². The largest absolute Gasteiger partial charge is 0.456 e. The lowest BCUT2D eigenvalue weighted by Gasteiger charge is -2.28. The van der Waals surface area contributed by atoms with Crippen molar-refractivity contribution in [1.29, 1.82) is 0 Å². The molecule has 4 heteroatoms. The van der Waals surface area contributed by atoms with E-state index < -0.39 is 0 Å². The monoisotopic (exact) mass is 995 g/mol. The zero-order valence-corrected chi connectivity index (χ0v) is 44.8. The highest BCUT2D eigenvalue weighted by Gasteiger charge is 2.20. The van der Waals surface area contributed by atoms with Crippen molar-refractivity contribution < 1.29 is 4.42 Å². The molecule has 4 nitrogen and oxygen atoms in total. The number of nitrogens with zero attached hydrogens (tertiary/aromatic N) is 3. The molecular formula is C73H61N3O. The molecule has 0 aliphatic heterocycles. The summed E-state index contributed by atoms with van der Waals surface area (Å²) in [6.07, 6.45) is 0. The van der Waals surface area contributed by atoms with Crippen LogP contribution in [0.15, 0.2) is 247 Å². The fraction of sp³-hybridized carbons (Fsp3) is 0.0959. The van der Waals surface area contributed by atoms with Crippen molar-refractivity contribution in [2.75, 3.05) is 14.7 Å². The van der Waals surface area contributed by atoms with E-state index in [1.54, 1.807) is 0 Å². The van der Waals surface area contributed by atoms with E-state index in [1.807, 2.05) is 0 Å². The summed E-state index contributed by atoms with van der Waals surface area (Å²) in [5, 5.41) is 2.25. The second-order valence-electron chi connectivity index (χ2n) is 20.8. The first kappa shape index (κ1) is 48.6. The third-order valence-corrected chi connectivity index (χ3v) is 15.0. The molecule has 0 saturated carbocycles. The Morgan fingerprint density at radius 1 is 0.234 bits per heavy atom. The number of benzene rings is 11. The molecule has 11 aromatic carbocycles. The summed E-state index contributed by atoms with van der Waals surface area (Å²) in [4.78, 5) is 7.11. The van der Waals surface area contributed by atoms with Gasteiger partial charge in [-0.25, -0.2) is 0 Å². The fourth-order valence-electron chi connectivity index (χ4n) is 11.1. The number of aryl methyl sites for hydroxylation is 7. The molecule has 12 rings (SSSR count). The summed E-state index contributed by atoms with van der Waals surface area (Å²) in [6, 6.07) is 88.5. The van der Waals surface area contributed by atoms with E-state index in [9.17, 15) is 0 Å². The van der Waals surface area contributed by atoms with E-state index in [0.29, 0.717) is 0 Å². The molecule has 0 fully saturated rings. The van der Waals surface area contributed by atoms with Gasteiger partial charge in [-0.1, -0.05) is 156 Å². The Morgan fingerprint density at radius 2 is 0.506 bits per heavy atom. The van der Waals surface area contributed by atoms with Crippen LogP contribution in [0.25, 0.3) is 55.3 Å². The highest BCUT2D eigenvalue weighted by atomic mass is 16.3. The molecule has 1 aromatic heterocycles. The SMILES string of the molecule is Cc1ccc(N(c2ccc(-c3ccccc3)cc2)c2ccc(-c3ccc(N(c4ccc(-c5ccc(N(c6ccc7oc8ccc(C)cc8c7c6)c6ccc(C)cc6C)cc5)cc4)c4ccc(C)cc4C)cc3)cc2)c(C)c1. The minimum absolute atomic E-state index is 0.891. The van der Waals surface area contributed by atoms with Crippen molar-refractivity contribution in [2.45, 2.75) is 48.5 Å². The van der Waals surface area contributed by atoms with Gasteiger partial charge in [0.15, 0.2) is 0 Å². The summed E-state index contributed by atoms with van der Waals surface area (Å²) < 4.78 is 6.29. The summed E-state index contributed by atoms with van der Waals surface area (Å²) >= 11 is 0. The predicted molar refractivity (Wildman–Crippen MR) is 327 cm³/mol. The molecule has 0 saturated heterocycles. The van der Waals surface area contributed by atoms with Crippen molar-refractivity contribution in [2.24, 2.45) is 0 Å². The molecule has 0 N–H and O–H groups in total. The van der Waals surface area contributed by atoms with Crippen LogP contribution in [-0.4, -0.2) is 0 Å². The maximum absolute atomic E-state index is 6.29. The van der Waals surface area contributed by atoms with Crippen LogP contribution < -0.4 is 14.7 Å². The van der Waals surface area contributed by atoms with Gasteiger partial charge in [-0.05, 0) is 208 Å². The quantitative estimate of drug-likeness (QED) is 0.122. The van der Waals surface area contributed by atoms with E-state index in [-0.39, 0.29) is 0 Å². The van der Waals surface area contributed by atoms with Crippen molar-refractivity contribution in [1.82, 2.24) is 0 Å². The molecule has 0 aliphatic carbocycles. The van der Waals surface area contributed by atoms with Gasteiger partial charge in [-0.3, -0.25) is 0 Å². The number of hydrogen-bond acceptors (Lipinski definition) is 4. The normalized spacial score (nSPS) is 11.3. The predicted octanol–water partition coefficient (Wildman–Crippen LogP) is 21.2. The molecule has 0 atom stereocenters. The fourth-order valence-corrected chi connectivity index (χ4v) is 11.1. The minimum atomic E-state index is 0.891. The standard InChI is InChI=1S/C73H61N3O/c1-48-13-38-69(52(5)43-48)74(61-27-17-56(18-28-61)55-11-9-8-10-12-55)62-29-19-57(20-30-62)58-21-31-63(32-22-58)75(70-39-14-49(2)44-53(70)6)64-33-23-59(24-34-64)60-25-35-65(36-26-60)76(71-40-15-50(3)45-54(71)7)66-37-42-73-68(47-66)67-46-51(4)16-41-72(67)77-73/h8-47H,1-7H3. The van der Waals surface area contributed by atoms with Crippen molar-refractivity contribution >= 4 is 73.1 Å². The van der Waals surface area contributed by atoms with E-state index >= 15 is 0 Å². The van der Waals surface area contributed by atoms with E-state index in [4.69, 9.17) is 4.42 Å². The molecule has 0 bridgehead atoms. The molecular weight excluding hydrogens is 935 g/mol. The third kappa shape index (κ3) is 9.67. The summed E-state index contributed by atoms with van der Waals surface area (Å²) in [5.74, 6) is 0. The zero-order chi connectivity index (χ0) is 52.7. The van der Waals surface area contributed by atoms with Crippen LogP contribution in [0.1, 0.15) is 38.9 Å². The number of fused-ring (bicyclic) bond motifs is 3. The van der Waals surface area contributed by atoms with Crippen LogP contribution in [-0.2, 0) is 0 Å². The van der Waals surface area contributed by atoms with Crippen LogP contribution in [0.5, 0.6) is 0 Å². The lowest BCUT2D eigenvalue weighted by molar-refractivity contribution is 0.669. The van der Waals surface area contributed by atoms with Gasteiger partial charge in [0.25, 0.3) is 0 Å². The summed E-state index contributed by atoms with van der Waals surface area (Å²) in [6.45, 7) is 15.2. The van der Waals surface area contributed by atoms with Gasteiger partial charge in [-0.2, -0.15) is 0 Å². The highest BCUT2D eigenvalue weighted by molar-refractivity contribution is 6.07. The number of hydrogen-bond donors (Lipinski definition) is 0. The maximum Gasteiger partial charge on any atom is 0.135 e. The Morgan fingerprint density at radius 3 is 0.857 bits per heavy atom. The molecule has 0 amide bonds. The van der Waals surface area contributed by atoms with Crippen LogP contribution in [0.3, 0.4) is 0 Å². The second kappa shape index (κ2) is 20.4. The van der Waals surface area contributed by atoms with Gasteiger partial charge >= 0.3 is 0 Å². The van der Waals surface area contributed by atoms with Gasteiger partial charge in [0.1, 0.15) is 11.2 Å². The van der Waals surface area contributed by atoms with E-state index in [1.165, 1.54) is 50.1 Å². The van der Waals surface area contributed by atoms with Crippen LogP contribution >= 0.6 is 0 Å². The summed E-state index contributed by atoms with van der Waals surface area (Å²) in [7, 11) is 0. The lowest BCUT2D eigenvalue weighted by atomic mass is 10.0. The van der Waals surface area contributed by atoms with Gasteiger partial charge < -0.3 is 19.1 Å². The Labute approximate surface area is 453 Å². The lowest BCUT2D eigenvalue weighted by Crippen LogP contribution is -2.11. The molecule has 0 aliphatic rings. The van der Waals surface area contributed by atoms with Gasteiger partial charge in [-0.15, -0.1) is 0 Å². The Hall–Kier alpha value is -9.38. The van der Waals surface area contributed by atoms with E-state index in [0.717, 1.165) is 95.4 Å². The Bertz CT molecular complexity index is 4080. The minimum Gasteiger partial charge on any atom is -0.456 e. The summed E-state index contributed by atoms with van der Waals surface area (Å²) in [5.41, 5.74) is 27.5. The molecule has 1 heterocycles. The Kier molecular flexibility index (Phi) is 12.9. The van der Waals surface area contributed by atoms with Crippen LogP contribution in [0.4, 0.5) is 51.2 Å². The first-order valence-corrected chi connectivity index (χ1v) is 26.6. The molecule has 12 aromatic rings. The van der Waals surface area contributed by atoms with Crippen molar-refractivity contribution in [3.05, 3.63) is 282 Å².